The summed E-state index contributed by atoms with van der Waals surface area (Å²) < 4.78 is 0.330. The Bertz CT molecular complexity index is 343. The van der Waals surface area contributed by atoms with E-state index in [0.29, 0.717) is 11.3 Å². The second kappa shape index (κ2) is 9.08. The summed E-state index contributed by atoms with van der Waals surface area (Å²) in [7, 11) is 0. The molecule has 0 aliphatic carbocycles. The van der Waals surface area contributed by atoms with Gasteiger partial charge in [-0.15, -0.1) is 24.0 Å². The van der Waals surface area contributed by atoms with Crippen molar-refractivity contribution in [3.8, 4) is 0 Å². The molecule has 2 aliphatic heterocycles. The van der Waals surface area contributed by atoms with Crippen LogP contribution in [0.5, 0.6) is 0 Å². The zero-order valence-electron chi connectivity index (χ0n) is 13.0. The maximum atomic E-state index is 10.4. The SMILES string of the molecule is CCNC(=NCC1(O)CCSC1)NCC1(C)CCCS1.I. The molecule has 2 saturated heterocycles. The van der Waals surface area contributed by atoms with Crippen LogP contribution in [0.4, 0.5) is 0 Å². The number of aliphatic hydroxyl groups is 1. The van der Waals surface area contributed by atoms with Gasteiger partial charge in [-0.05, 0) is 44.6 Å². The smallest absolute Gasteiger partial charge is 0.191 e. The first-order valence-corrected chi connectivity index (χ1v) is 9.66. The molecule has 21 heavy (non-hydrogen) atoms. The summed E-state index contributed by atoms with van der Waals surface area (Å²) in [6.07, 6.45) is 3.44. The number of hydrogen-bond donors (Lipinski definition) is 3. The Morgan fingerprint density at radius 2 is 2.10 bits per heavy atom. The lowest BCUT2D eigenvalue weighted by Crippen LogP contribution is -2.44. The van der Waals surface area contributed by atoms with E-state index in [1.54, 1.807) is 0 Å². The number of aliphatic imine (C=N–C) groups is 1. The molecule has 0 aromatic heterocycles. The Kier molecular flexibility index (Phi) is 8.52. The highest BCUT2D eigenvalue weighted by Crippen LogP contribution is 2.36. The molecule has 2 fully saturated rings. The quantitative estimate of drug-likeness (QED) is 0.345. The Morgan fingerprint density at radius 3 is 2.67 bits per heavy atom. The van der Waals surface area contributed by atoms with Gasteiger partial charge in [0.2, 0.25) is 0 Å². The van der Waals surface area contributed by atoms with Gasteiger partial charge in [0.05, 0.1) is 12.1 Å². The van der Waals surface area contributed by atoms with Crippen LogP contribution in [0, 0.1) is 0 Å². The van der Waals surface area contributed by atoms with Crippen LogP contribution in [0.15, 0.2) is 4.99 Å². The minimum Gasteiger partial charge on any atom is -0.387 e. The van der Waals surface area contributed by atoms with Gasteiger partial charge in [-0.1, -0.05) is 0 Å². The van der Waals surface area contributed by atoms with E-state index in [9.17, 15) is 5.11 Å². The number of rotatable bonds is 5. The minimum atomic E-state index is -0.598. The van der Waals surface area contributed by atoms with Gasteiger partial charge in [0.15, 0.2) is 5.96 Å². The predicted molar refractivity (Wildman–Crippen MR) is 106 cm³/mol. The molecule has 3 N–H and O–H groups in total. The lowest BCUT2D eigenvalue weighted by atomic mass is 10.0. The number of halogens is 1. The predicted octanol–water partition coefficient (Wildman–Crippen LogP) is 2.31. The van der Waals surface area contributed by atoms with Crippen molar-refractivity contribution in [3.63, 3.8) is 0 Å². The Labute approximate surface area is 154 Å². The summed E-state index contributed by atoms with van der Waals surface area (Å²) in [5.41, 5.74) is -0.598. The maximum absolute atomic E-state index is 10.4. The van der Waals surface area contributed by atoms with E-state index in [1.165, 1.54) is 18.6 Å². The van der Waals surface area contributed by atoms with E-state index in [1.807, 2.05) is 23.5 Å². The molecule has 2 atom stereocenters. The Balaban J connectivity index is 0.00000220. The number of nitrogens with zero attached hydrogens (tertiary/aromatic N) is 1. The normalized spacial score (nSPS) is 32.8. The van der Waals surface area contributed by atoms with Crippen LogP contribution in [0.2, 0.25) is 0 Å². The summed E-state index contributed by atoms with van der Waals surface area (Å²) in [5, 5.41) is 17.1. The first kappa shape index (κ1) is 19.7. The monoisotopic (exact) mass is 445 g/mol. The highest BCUT2D eigenvalue weighted by molar-refractivity contribution is 14.0. The molecule has 2 heterocycles. The third-order valence-corrected chi connectivity index (χ3v) is 6.66. The number of nitrogens with one attached hydrogen (secondary N) is 2. The van der Waals surface area contributed by atoms with E-state index >= 15 is 0 Å². The number of guanidine groups is 1. The fourth-order valence-corrected chi connectivity index (χ4v) is 5.06. The zero-order valence-corrected chi connectivity index (χ0v) is 16.9. The van der Waals surface area contributed by atoms with E-state index < -0.39 is 5.60 Å². The van der Waals surface area contributed by atoms with Gasteiger partial charge < -0.3 is 15.7 Å². The molecular weight excluding hydrogens is 417 g/mol. The summed E-state index contributed by atoms with van der Waals surface area (Å²) in [5.74, 6) is 3.96. The van der Waals surface area contributed by atoms with Crippen LogP contribution >= 0.6 is 47.5 Å². The molecule has 0 bridgehead atoms. The first-order valence-electron chi connectivity index (χ1n) is 7.52. The van der Waals surface area contributed by atoms with E-state index in [0.717, 1.165) is 37.0 Å². The second-order valence-electron chi connectivity index (χ2n) is 5.98. The van der Waals surface area contributed by atoms with Gasteiger partial charge in [0.1, 0.15) is 0 Å². The minimum absolute atomic E-state index is 0. The molecule has 0 radical (unpaired) electrons. The van der Waals surface area contributed by atoms with Gasteiger partial charge in [0.25, 0.3) is 0 Å². The van der Waals surface area contributed by atoms with Gasteiger partial charge in [-0.3, -0.25) is 4.99 Å². The molecule has 0 aromatic rings. The molecule has 2 aliphatic rings. The third kappa shape index (κ3) is 6.35. The van der Waals surface area contributed by atoms with Crippen LogP contribution < -0.4 is 10.6 Å². The highest BCUT2D eigenvalue weighted by atomic mass is 127. The van der Waals surface area contributed by atoms with Gasteiger partial charge in [0, 0.05) is 23.6 Å². The van der Waals surface area contributed by atoms with Gasteiger partial charge >= 0.3 is 0 Å². The Morgan fingerprint density at radius 1 is 1.29 bits per heavy atom. The molecule has 7 heteroatoms. The zero-order chi connectivity index (χ0) is 14.5. The van der Waals surface area contributed by atoms with Crippen molar-refractivity contribution in [2.45, 2.75) is 43.5 Å². The van der Waals surface area contributed by atoms with E-state index in [4.69, 9.17) is 0 Å². The van der Waals surface area contributed by atoms with Gasteiger partial charge in [-0.25, -0.2) is 0 Å². The largest absolute Gasteiger partial charge is 0.387 e. The molecule has 2 unspecified atom stereocenters. The molecule has 2 rings (SSSR count). The van der Waals surface area contributed by atoms with Crippen molar-refractivity contribution in [2.75, 3.05) is 36.9 Å². The molecule has 0 saturated carbocycles. The fraction of sp³-hybridized carbons (Fsp3) is 0.929. The average molecular weight is 445 g/mol. The molecule has 0 spiro atoms. The van der Waals surface area contributed by atoms with E-state index in [2.05, 4.69) is 29.5 Å². The van der Waals surface area contributed by atoms with Crippen LogP contribution in [-0.2, 0) is 0 Å². The molecule has 0 aromatic carbocycles. The summed E-state index contributed by atoms with van der Waals surface area (Å²) in [6, 6.07) is 0. The lowest BCUT2D eigenvalue weighted by molar-refractivity contribution is 0.0778. The second-order valence-corrected chi connectivity index (χ2v) is 8.77. The van der Waals surface area contributed by atoms with Crippen molar-refractivity contribution in [3.05, 3.63) is 0 Å². The van der Waals surface area contributed by atoms with Crippen LogP contribution in [0.3, 0.4) is 0 Å². The maximum Gasteiger partial charge on any atom is 0.191 e. The topological polar surface area (TPSA) is 56.7 Å². The number of hydrogen-bond acceptors (Lipinski definition) is 4. The van der Waals surface area contributed by atoms with Crippen LogP contribution in [0.1, 0.15) is 33.1 Å². The summed E-state index contributed by atoms with van der Waals surface area (Å²) in [4.78, 5) is 4.58. The van der Waals surface area contributed by atoms with E-state index in [-0.39, 0.29) is 24.0 Å². The van der Waals surface area contributed by atoms with Crippen LogP contribution in [0.25, 0.3) is 0 Å². The fourth-order valence-electron chi connectivity index (χ4n) is 2.54. The average Bonchev–Trinajstić information content (AvgIpc) is 3.03. The number of thioether (sulfide) groups is 2. The van der Waals surface area contributed by atoms with Gasteiger partial charge in [-0.2, -0.15) is 23.5 Å². The van der Waals surface area contributed by atoms with Crippen molar-refractivity contribution in [1.29, 1.82) is 0 Å². The van der Waals surface area contributed by atoms with Crippen molar-refractivity contribution in [2.24, 2.45) is 4.99 Å². The van der Waals surface area contributed by atoms with Crippen molar-refractivity contribution >= 4 is 53.5 Å². The summed E-state index contributed by atoms with van der Waals surface area (Å²) in [6.45, 7) is 6.69. The Hall–Kier alpha value is 0.660. The van der Waals surface area contributed by atoms with Crippen molar-refractivity contribution in [1.82, 2.24) is 10.6 Å². The first-order chi connectivity index (χ1) is 9.55. The lowest BCUT2D eigenvalue weighted by Gasteiger charge is -2.25. The highest BCUT2D eigenvalue weighted by Gasteiger charge is 2.32. The molecule has 124 valence electrons. The molecular formula is C14H28IN3OS2. The van der Waals surface area contributed by atoms with Crippen LogP contribution in [-0.4, -0.2) is 58.3 Å². The standard InChI is InChI=1S/C14H27N3OS2.HI/c1-3-15-12(16-9-13(2)5-4-7-20-13)17-10-14(18)6-8-19-11-14;/h18H,3-11H2,1-2H3,(H2,15,16,17);1H. The summed E-state index contributed by atoms with van der Waals surface area (Å²) >= 11 is 3.87. The molecule has 0 amide bonds. The van der Waals surface area contributed by atoms with Crippen molar-refractivity contribution < 1.29 is 5.11 Å². The molecule has 4 nitrogen and oxygen atoms in total. The third-order valence-electron chi connectivity index (χ3n) is 3.89.